The molecule has 0 spiro atoms. The lowest BCUT2D eigenvalue weighted by Gasteiger charge is -2.31. The number of hydrogen-bond donors (Lipinski definition) is 0. The first-order valence-electron chi connectivity index (χ1n) is 6.36. The van der Waals surface area contributed by atoms with Crippen molar-refractivity contribution in [2.75, 3.05) is 0 Å². The Bertz CT molecular complexity index is 569. The van der Waals surface area contributed by atoms with Gasteiger partial charge in [-0.25, -0.2) is 0 Å². The van der Waals surface area contributed by atoms with Gasteiger partial charge in [-0.3, -0.25) is 4.79 Å². The Morgan fingerprint density at radius 1 is 1.05 bits per heavy atom. The molecule has 0 fully saturated rings. The first kappa shape index (κ1) is 15.3. The maximum atomic E-state index is 11.7. The molecule has 1 aromatic rings. The van der Waals surface area contributed by atoms with Crippen LogP contribution >= 0.6 is 0 Å². The molecule has 0 aliphatic heterocycles. The van der Waals surface area contributed by atoms with Gasteiger partial charge in [-0.05, 0) is 29.0 Å². The summed E-state index contributed by atoms with van der Waals surface area (Å²) >= 11 is 0. The molecule has 0 saturated carbocycles. The molecule has 0 atom stereocenters. The van der Waals surface area contributed by atoms with Gasteiger partial charge in [-0.15, -0.1) is 5.54 Å². The van der Waals surface area contributed by atoms with E-state index in [0.29, 0.717) is 0 Å². The molecule has 2 heteroatoms. The summed E-state index contributed by atoms with van der Waals surface area (Å²) in [6.07, 6.45) is 0. The van der Waals surface area contributed by atoms with Crippen LogP contribution in [0.3, 0.4) is 0 Å². The molecule has 1 nitrogen and oxygen atoms in total. The topological polar surface area (TPSA) is 17.1 Å². The van der Waals surface area contributed by atoms with Gasteiger partial charge in [0.2, 0.25) is 0 Å². The number of rotatable bonds is 0. The molecule has 1 aromatic carbocycles. The molecule has 98 valence electrons. The van der Waals surface area contributed by atoms with E-state index in [4.69, 9.17) is 0 Å². The van der Waals surface area contributed by atoms with Crippen molar-refractivity contribution in [3.63, 3.8) is 0 Å². The Labute approximate surface area is 117 Å². The normalized spacial score (nSPS) is 10.8. The highest BCUT2D eigenvalue weighted by Gasteiger charge is 2.33. The summed E-state index contributed by atoms with van der Waals surface area (Å²) in [5, 5.41) is 0.160. The van der Waals surface area contributed by atoms with Crippen molar-refractivity contribution in [2.24, 2.45) is 0 Å². The molecule has 0 heterocycles. The summed E-state index contributed by atoms with van der Waals surface area (Å²) in [6.45, 7) is 10.9. The van der Waals surface area contributed by atoms with Crippen LogP contribution in [0, 0.1) is 23.3 Å². The average molecular weight is 268 g/mol. The molecule has 0 amide bonds. The summed E-state index contributed by atoms with van der Waals surface area (Å²) in [6, 6.07) is 9.47. The van der Waals surface area contributed by atoms with Crippen LogP contribution in [0.5, 0.6) is 0 Å². The van der Waals surface area contributed by atoms with E-state index in [2.05, 4.69) is 57.2 Å². The fraction of sp³-hybridized carbons (Fsp3) is 0.353. The molecule has 0 aromatic heterocycles. The van der Waals surface area contributed by atoms with Crippen molar-refractivity contribution in [3.8, 4) is 23.3 Å². The van der Waals surface area contributed by atoms with E-state index in [1.807, 2.05) is 30.3 Å². The maximum Gasteiger partial charge on any atom is 0.278 e. The van der Waals surface area contributed by atoms with E-state index >= 15 is 0 Å². The zero-order chi connectivity index (χ0) is 14.5. The van der Waals surface area contributed by atoms with Gasteiger partial charge >= 0.3 is 0 Å². The van der Waals surface area contributed by atoms with Crippen LogP contribution in [0.2, 0.25) is 18.1 Å². The number of ketones is 1. The number of Topliss-reactive ketones (excluding diaryl/α,β-unsaturated/α-hetero) is 1. The lowest BCUT2D eigenvalue weighted by Crippen LogP contribution is -2.35. The SMILES string of the molecule is CC(C)(C)[Si](C)(C)C#CC(=O)C#Cc1ccccc1. The van der Waals surface area contributed by atoms with E-state index in [0.717, 1.165) is 5.56 Å². The molecule has 1 rings (SSSR count). The van der Waals surface area contributed by atoms with Crippen molar-refractivity contribution in [2.45, 2.75) is 38.9 Å². The molecule has 0 saturated heterocycles. The standard InChI is InChI=1S/C17H20OSi/c1-17(2,3)19(4,5)14-13-16(18)12-11-15-9-7-6-8-10-15/h6-10H,1-5H3. The van der Waals surface area contributed by atoms with Crippen LogP contribution in [-0.4, -0.2) is 13.9 Å². The van der Waals surface area contributed by atoms with E-state index in [9.17, 15) is 4.79 Å². The fourth-order valence-corrected chi connectivity index (χ4v) is 1.88. The summed E-state index contributed by atoms with van der Waals surface area (Å²) in [4.78, 5) is 11.7. The smallest absolute Gasteiger partial charge is 0.270 e. The molecular formula is C17H20OSi. The van der Waals surface area contributed by atoms with Crippen LogP contribution in [0.1, 0.15) is 26.3 Å². The van der Waals surface area contributed by atoms with Crippen molar-refractivity contribution < 1.29 is 4.79 Å². The minimum absolute atomic E-state index is 0.160. The summed E-state index contributed by atoms with van der Waals surface area (Å²) in [5.41, 5.74) is 4.01. The third kappa shape index (κ3) is 4.77. The predicted octanol–water partition coefficient (Wildman–Crippen LogP) is 3.66. The van der Waals surface area contributed by atoms with Gasteiger partial charge in [0.15, 0.2) is 0 Å². The Balaban J connectivity index is 2.82. The molecule has 0 aliphatic rings. The second-order valence-electron chi connectivity index (χ2n) is 6.07. The first-order chi connectivity index (χ1) is 8.72. The number of hydrogen-bond acceptors (Lipinski definition) is 1. The third-order valence-corrected chi connectivity index (χ3v) is 7.96. The largest absolute Gasteiger partial charge is 0.278 e. The Morgan fingerprint density at radius 3 is 2.16 bits per heavy atom. The molecule has 0 N–H and O–H groups in total. The van der Waals surface area contributed by atoms with Gasteiger partial charge in [-0.2, -0.15) is 0 Å². The van der Waals surface area contributed by atoms with Crippen LogP contribution in [0.15, 0.2) is 30.3 Å². The van der Waals surface area contributed by atoms with Crippen LogP contribution in [-0.2, 0) is 4.79 Å². The number of benzene rings is 1. The predicted molar refractivity (Wildman–Crippen MR) is 83.3 cm³/mol. The molecule has 0 bridgehead atoms. The molecule has 19 heavy (non-hydrogen) atoms. The Hall–Kier alpha value is -1.77. The van der Waals surface area contributed by atoms with Gasteiger partial charge in [0.25, 0.3) is 5.78 Å². The minimum Gasteiger partial charge on any atom is -0.270 e. The fourth-order valence-electron chi connectivity index (χ4n) is 1.08. The van der Waals surface area contributed by atoms with E-state index < -0.39 is 8.07 Å². The van der Waals surface area contributed by atoms with Crippen molar-refractivity contribution in [1.29, 1.82) is 0 Å². The van der Waals surface area contributed by atoms with Gasteiger partial charge < -0.3 is 0 Å². The average Bonchev–Trinajstić information content (AvgIpc) is 2.34. The van der Waals surface area contributed by atoms with Crippen molar-refractivity contribution in [1.82, 2.24) is 0 Å². The number of carbonyl (C=O) groups excluding carboxylic acids is 1. The molecule has 0 unspecified atom stereocenters. The maximum absolute atomic E-state index is 11.7. The van der Waals surface area contributed by atoms with Crippen molar-refractivity contribution >= 4 is 13.9 Å². The van der Waals surface area contributed by atoms with Crippen LogP contribution < -0.4 is 0 Å². The molecular weight excluding hydrogens is 248 g/mol. The van der Waals surface area contributed by atoms with Crippen LogP contribution in [0.25, 0.3) is 0 Å². The summed E-state index contributed by atoms with van der Waals surface area (Å²) in [5.74, 6) is 7.82. The van der Waals surface area contributed by atoms with E-state index in [1.165, 1.54) is 0 Å². The van der Waals surface area contributed by atoms with Crippen molar-refractivity contribution in [3.05, 3.63) is 35.9 Å². The highest BCUT2D eigenvalue weighted by molar-refractivity contribution is 6.87. The second kappa shape index (κ2) is 5.91. The third-order valence-electron chi connectivity index (χ3n) is 3.46. The lowest BCUT2D eigenvalue weighted by molar-refractivity contribution is -0.108. The molecule has 0 aliphatic carbocycles. The van der Waals surface area contributed by atoms with E-state index in [-0.39, 0.29) is 10.8 Å². The number of carbonyl (C=O) groups is 1. The monoisotopic (exact) mass is 268 g/mol. The summed E-state index contributed by atoms with van der Waals surface area (Å²) < 4.78 is 0. The first-order valence-corrected chi connectivity index (χ1v) is 9.36. The van der Waals surface area contributed by atoms with Gasteiger partial charge in [0.1, 0.15) is 8.07 Å². The zero-order valence-electron chi connectivity index (χ0n) is 12.3. The Morgan fingerprint density at radius 2 is 1.63 bits per heavy atom. The summed E-state index contributed by atoms with van der Waals surface area (Å²) in [7, 11) is -1.73. The van der Waals surface area contributed by atoms with Gasteiger partial charge in [0, 0.05) is 5.56 Å². The minimum atomic E-state index is -1.73. The van der Waals surface area contributed by atoms with Crippen LogP contribution in [0.4, 0.5) is 0 Å². The van der Waals surface area contributed by atoms with Gasteiger partial charge in [-0.1, -0.05) is 58.0 Å². The highest BCUT2D eigenvalue weighted by atomic mass is 28.3. The highest BCUT2D eigenvalue weighted by Crippen LogP contribution is 2.34. The Kier molecular flexibility index (Phi) is 4.76. The second-order valence-corrected chi connectivity index (χ2v) is 11.1. The molecule has 0 radical (unpaired) electrons. The van der Waals surface area contributed by atoms with E-state index in [1.54, 1.807) is 0 Å². The zero-order valence-corrected chi connectivity index (χ0v) is 13.3. The van der Waals surface area contributed by atoms with Gasteiger partial charge in [0.05, 0.1) is 0 Å². The lowest BCUT2D eigenvalue weighted by atomic mass is 10.2. The quantitative estimate of drug-likeness (QED) is 0.518.